The van der Waals surface area contributed by atoms with E-state index in [1.165, 1.54) is 6.26 Å². The van der Waals surface area contributed by atoms with Gasteiger partial charge in [-0.15, -0.1) is 0 Å². The number of aliphatic hydroxyl groups is 1. The summed E-state index contributed by atoms with van der Waals surface area (Å²) in [6.45, 7) is 7.14. The van der Waals surface area contributed by atoms with Crippen molar-refractivity contribution in [3.63, 3.8) is 0 Å². The number of hydrogen-bond acceptors (Lipinski definition) is 8. The number of anilines is 1. The van der Waals surface area contributed by atoms with Gasteiger partial charge in [-0.05, 0) is 36.1 Å². The second kappa shape index (κ2) is 12.8. The van der Waals surface area contributed by atoms with Gasteiger partial charge in [0.1, 0.15) is 11.9 Å². The van der Waals surface area contributed by atoms with Crippen LogP contribution in [0.5, 0.6) is 5.75 Å². The van der Waals surface area contributed by atoms with Gasteiger partial charge < -0.3 is 14.7 Å². The second-order valence-corrected chi connectivity index (χ2v) is 11.8. The van der Waals surface area contributed by atoms with Crippen LogP contribution in [0.1, 0.15) is 42.9 Å². The van der Waals surface area contributed by atoms with Crippen molar-refractivity contribution >= 4 is 22.0 Å². The lowest BCUT2D eigenvalue weighted by Gasteiger charge is -2.33. The predicted octanol–water partition coefficient (Wildman–Crippen LogP) is 2.56. The fraction of sp³-hybridized carbons (Fsp3) is 0.556. The normalized spacial score (nSPS) is 18.5. The molecule has 202 valence electrons. The lowest BCUT2D eigenvalue weighted by atomic mass is 10.1. The first-order chi connectivity index (χ1) is 17.9. The maximum atomic E-state index is 11.8. The van der Waals surface area contributed by atoms with E-state index in [4.69, 9.17) is 4.74 Å². The third kappa shape index (κ3) is 7.73. The van der Waals surface area contributed by atoms with Gasteiger partial charge in [-0.1, -0.05) is 25.1 Å². The van der Waals surface area contributed by atoms with Crippen LogP contribution in [0.2, 0.25) is 0 Å². The van der Waals surface area contributed by atoms with Crippen LogP contribution >= 0.6 is 0 Å². The van der Waals surface area contributed by atoms with Gasteiger partial charge in [-0.3, -0.25) is 4.90 Å². The fourth-order valence-corrected chi connectivity index (χ4v) is 5.57. The summed E-state index contributed by atoms with van der Waals surface area (Å²) >= 11 is 0. The van der Waals surface area contributed by atoms with Crippen molar-refractivity contribution in [2.24, 2.45) is 0 Å². The summed E-state index contributed by atoms with van der Waals surface area (Å²) in [5.74, 6) is 1.63. The number of ether oxygens (including phenoxy) is 1. The monoisotopic (exact) mass is 529 g/mol. The van der Waals surface area contributed by atoms with Crippen LogP contribution in [0.15, 0.2) is 36.7 Å². The summed E-state index contributed by atoms with van der Waals surface area (Å²) in [6.07, 6.45) is 12.5. The highest BCUT2D eigenvalue weighted by Crippen LogP contribution is 2.27. The zero-order chi connectivity index (χ0) is 26.3. The minimum Gasteiger partial charge on any atom is -0.490 e. The molecule has 1 N–H and O–H groups in total. The van der Waals surface area contributed by atoms with Crippen molar-refractivity contribution < 1.29 is 18.3 Å². The number of piperidine rings is 1. The first-order valence-corrected chi connectivity index (χ1v) is 15.0. The van der Waals surface area contributed by atoms with E-state index in [9.17, 15) is 13.5 Å². The zero-order valence-corrected chi connectivity index (χ0v) is 22.7. The molecular weight excluding hydrogens is 490 g/mol. The van der Waals surface area contributed by atoms with Gasteiger partial charge in [-0.25, -0.2) is 18.4 Å². The van der Waals surface area contributed by atoms with E-state index in [0.29, 0.717) is 32.6 Å². The van der Waals surface area contributed by atoms with E-state index >= 15 is 0 Å². The molecule has 2 aliphatic heterocycles. The Morgan fingerprint density at radius 3 is 2.38 bits per heavy atom. The van der Waals surface area contributed by atoms with Gasteiger partial charge in [0, 0.05) is 83.2 Å². The van der Waals surface area contributed by atoms with Crippen LogP contribution in [0.4, 0.5) is 5.95 Å². The number of rotatable bonds is 10. The molecule has 0 bridgehead atoms. The second-order valence-electron chi connectivity index (χ2n) is 9.77. The number of aryl methyl sites for hydroxylation is 1. The molecule has 2 fully saturated rings. The Bertz CT molecular complexity index is 1140. The molecule has 0 unspecified atom stereocenters. The Morgan fingerprint density at radius 1 is 1.05 bits per heavy atom. The minimum absolute atomic E-state index is 0.108. The third-order valence-electron chi connectivity index (χ3n) is 6.99. The van der Waals surface area contributed by atoms with E-state index in [-0.39, 0.29) is 12.7 Å². The maximum absolute atomic E-state index is 11.8. The van der Waals surface area contributed by atoms with E-state index in [2.05, 4.69) is 38.8 Å². The lowest BCUT2D eigenvalue weighted by Crippen LogP contribution is -2.47. The first-order valence-electron chi connectivity index (χ1n) is 13.2. The molecule has 0 atom stereocenters. The number of benzene rings is 1. The number of sulfonamides is 1. The number of aromatic nitrogens is 2. The van der Waals surface area contributed by atoms with Crippen molar-refractivity contribution in [3.8, 4) is 5.75 Å². The summed E-state index contributed by atoms with van der Waals surface area (Å²) in [6, 6.07) is 6.28. The largest absolute Gasteiger partial charge is 0.490 e. The molecule has 1 aromatic heterocycles. The molecular formula is C27H39N5O4S. The van der Waals surface area contributed by atoms with Crippen LogP contribution in [0.25, 0.3) is 6.08 Å². The summed E-state index contributed by atoms with van der Waals surface area (Å²) in [5.41, 5.74) is 3.30. The molecule has 37 heavy (non-hydrogen) atoms. The Labute approximate surface area is 220 Å². The molecule has 3 heterocycles. The van der Waals surface area contributed by atoms with Gasteiger partial charge in [-0.2, -0.15) is 4.31 Å². The van der Waals surface area contributed by atoms with E-state index < -0.39 is 10.0 Å². The topological polar surface area (TPSA) is 99.1 Å². The summed E-state index contributed by atoms with van der Waals surface area (Å²) in [4.78, 5) is 13.5. The van der Waals surface area contributed by atoms with Gasteiger partial charge >= 0.3 is 0 Å². The number of aliphatic hydroxyl groups excluding tert-OH is 1. The molecule has 10 heteroatoms. The van der Waals surface area contributed by atoms with Gasteiger partial charge in [0.25, 0.3) is 0 Å². The quantitative estimate of drug-likeness (QED) is 0.502. The molecule has 1 aromatic carbocycles. The van der Waals surface area contributed by atoms with Crippen LogP contribution in [0.3, 0.4) is 0 Å². The van der Waals surface area contributed by atoms with Crippen molar-refractivity contribution in [2.45, 2.75) is 45.3 Å². The minimum atomic E-state index is -3.13. The van der Waals surface area contributed by atoms with Gasteiger partial charge in [0.15, 0.2) is 0 Å². The summed E-state index contributed by atoms with van der Waals surface area (Å²) in [5, 5.41) is 9.22. The van der Waals surface area contributed by atoms with Crippen LogP contribution in [-0.2, 0) is 23.0 Å². The SMILES string of the molecule is CCc1cnc(N2CCC(Oc3ccc(CN4CCN(S(C)(=O)=O)CC4)cc3C=CCCO)CC2)nc1. The molecule has 9 nitrogen and oxygen atoms in total. The lowest BCUT2D eigenvalue weighted by molar-refractivity contribution is 0.169. The molecule has 2 aromatic rings. The standard InChI is InChI=1S/C27H39N5O4S/c1-3-22-19-28-27(29-20-22)31-11-9-25(10-12-31)36-26-8-7-23(18-24(26)6-4-5-17-33)21-30-13-15-32(16-14-30)37(2,34)35/h4,6-8,18-20,25,33H,3,5,9-17,21H2,1-2H3. The Hall–Kier alpha value is -2.53. The van der Waals surface area contributed by atoms with Crippen LogP contribution < -0.4 is 9.64 Å². The van der Waals surface area contributed by atoms with Crippen LogP contribution in [0, 0.1) is 0 Å². The van der Waals surface area contributed by atoms with E-state index in [1.807, 2.05) is 30.6 Å². The molecule has 2 aliphatic rings. The first kappa shape index (κ1) is 27.5. The van der Waals surface area contributed by atoms with Crippen molar-refractivity contribution in [2.75, 3.05) is 57.0 Å². The highest BCUT2D eigenvalue weighted by Gasteiger charge is 2.25. The smallest absolute Gasteiger partial charge is 0.225 e. The average Bonchev–Trinajstić information content (AvgIpc) is 2.90. The summed E-state index contributed by atoms with van der Waals surface area (Å²) < 4.78 is 31.6. The third-order valence-corrected chi connectivity index (χ3v) is 8.30. The molecule has 2 saturated heterocycles. The molecule has 0 saturated carbocycles. The number of piperazine rings is 1. The molecule has 0 amide bonds. The zero-order valence-electron chi connectivity index (χ0n) is 21.9. The molecule has 0 spiro atoms. The Kier molecular flexibility index (Phi) is 9.53. The van der Waals surface area contributed by atoms with Crippen molar-refractivity contribution in [1.82, 2.24) is 19.2 Å². The Morgan fingerprint density at radius 2 is 1.76 bits per heavy atom. The van der Waals surface area contributed by atoms with E-state index in [0.717, 1.165) is 67.3 Å². The van der Waals surface area contributed by atoms with E-state index in [1.54, 1.807) is 4.31 Å². The van der Waals surface area contributed by atoms with Crippen LogP contribution in [-0.4, -0.2) is 90.9 Å². The summed E-state index contributed by atoms with van der Waals surface area (Å²) in [7, 11) is -3.13. The fourth-order valence-electron chi connectivity index (χ4n) is 4.74. The molecule has 4 rings (SSSR count). The van der Waals surface area contributed by atoms with Crippen molar-refractivity contribution in [3.05, 3.63) is 53.4 Å². The predicted molar refractivity (Wildman–Crippen MR) is 146 cm³/mol. The highest BCUT2D eigenvalue weighted by atomic mass is 32.2. The van der Waals surface area contributed by atoms with Gasteiger partial charge in [0.2, 0.25) is 16.0 Å². The molecule has 0 aliphatic carbocycles. The maximum Gasteiger partial charge on any atom is 0.225 e. The average molecular weight is 530 g/mol. The Balaban J connectivity index is 1.37. The highest BCUT2D eigenvalue weighted by molar-refractivity contribution is 7.88. The molecule has 0 radical (unpaired) electrons. The van der Waals surface area contributed by atoms with Gasteiger partial charge in [0.05, 0.1) is 6.26 Å². The number of nitrogens with zero attached hydrogens (tertiary/aromatic N) is 5. The van der Waals surface area contributed by atoms with Crippen molar-refractivity contribution in [1.29, 1.82) is 0 Å². The number of hydrogen-bond donors (Lipinski definition) is 1.